The van der Waals surface area contributed by atoms with Gasteiger partial charge >= 0.3 is 5.69 Å². The average molecular weight is 264 g/mol. The molecule has 3 N–H and O–H groups in total. The van der Waals surface area contributed by atoms with Crippen LogP contribution in [0, 0.1) is 0 Å². The fourth-order valence-electron chi connectivity index (χ4n) is 3.74. The van der Waals surface area contributed by atoms with Gasteiger partial charge in [0.15, 0.2) is 5.82 Å². The van der Waals surface area contributed by atoms with Gasteiger partial charge in [0.25, 0.3) is 0 Å². The molecule has 5 nitrogen and oxygen atoms in total. The number of hydrogen-bond acceptors (Lipinski definition) is 3. The molecule has 0 saturated heterocycles. The molecule has 0 aliphatic heterocycles. The molecule has 1 aromatic rings. The van der Waals surface area contributed by atoms with E-state index in [9.17, 15) is 4.79 Å². The molecule has 0 atom stereocenters. The number of aromatic nitrogens is 3. The van der Waals surface area contributed by atoms with Gasteiger partial charge in [-0.3, -0.25) is 4.57 Å². The minimum atomic E-state index is -0.394. The van der Waals surface area contributed by atoms with E-state index in [-0.39, 0.29) is 5.69 Å². The van der Waals surface area contributed by atoms with Gasteiger partial charge in [-0.1, -0.05) is 38.5 Å². The van der Waals surface area contributed by atoms with Crippen LogP contribution in [0.1, 0.15) is 76.1 Å². The van der Waals surface area contributed by atoms with Crippen LogP contribution in [0.5, 0.6) is 0 Å². The molecule has 1 heterocycles. The van der Waals surface area contributed by atoms with Crippen LogP contribution in [0.2, 0.25) is 0 Å². The van der Waals surface area contributed by atoms with Gasteiger partial charge in [0, 0.05) is 6.04 Å². The Morgan fingerprint density at radius 3 is 2.42 bits per heavy atom. The van der Waals surface area contributed by atoms with Gasteiger partial charge in [-0.05, 0) is 25.7 Å². The second-order valence-electron chi connectivity index (χ2n) is 6.23. The first-order valence-electron chi connectivity index (χ1n) is 7.67. The molecule has 0 bridgehead atoms. The average Bonchev–Trinajstić information content (AvgIpc) is 2.83. The van der Waals surface area contributed by atoms with Crippen LogP contribution < -0.4 is 11.4 Å². The van der Waals surface area contributed by atoms with Gasteiger partial charge in [-0.25, -0.2) is 9.89 Å². The number of H-pyrrole nitrogens is 1. The molecule has 0 spiro atoms. The van der Waals surface area contributed by atoms with Crippen LogP contribution in [-0.2, 0) is 5.54 Å². The van der Waals surface area contributed by atoms with E-state index in [0.29, 0.717) is 6.04 Å². The fourth-order valence-corrected chi connectivity index (χ4v) is 3.74. The maximum absolute atomic E-state index is 12.1. The Labute approximate surface area is 113 Å². The van der Waals surface area contributed by atoms with Crippen molar-refractivity contribution >= 4 is 0 Å². The van der Waals surface area contributed by atoms with Gasteiger partial charge in [-0.15, -0.1) is 0 Å². The Morgan fingerprint density at radius 1 is 1.11 bits per heavy atom. The maximum atomic E-state index is 12.1. The molecule has 0 aromatic carbocycles. The zero-order valence-corrected chi connectivity index (χ0v) is 11.5. The zero-order chi connectivity index (χ0) is 13.3. The van der Waals surface area contributed by atoms with Gasteiger partial charge in [-0.2, -0.15) is 5.10 Å². The van der Waals surface area contributed by atoms with Crippen molar-refractivity contribution in [3.63, 3.8) is 0 Å². The van der Waals surface area contributed by atoms with Crippen LogP contribution in [0.4, 0.5) is 0 Å². The minimum absolute atomic E-state index is 0.0719. The van der Waals surface area contributed by atoms with Crippen molar-refractivity contribution in [2.75, 3.05) is 0 Å². The Bertz CT molecular complexity index is 478. The van der Waals surface area contributed by atoms with Crippen molar-refractivity contribution in [3.8, 4) is 0 Å². The second-order valence-corrected chi connectivity index (χ2v) is 6.23. The summed E-state index contributed by atoms with van der Waals surface area (Å²) in [5.74, 6) is 0.809. The smallest absolute Gasteiger partial charge is 0.319 e. The lowest BCUT2D eigenvalue weighted by Crippen LogP contribution is -2.43. The quantitative estimate of drug-likeness (QED) is 0.859. The van der Waals surface area contributed by atoms with Gasteiger partial charge in [0.1, 0.15) is 0 Å². The predicted octanol–water partition coefficient (Wildman–Crippen LogP) is 2.19. The van der Waals surface area contributed by atoms with E-state index in [1.807, 2.05) is 4.57 Å². The number of nitrogens with one attached hydrogen (secondary N) is 1. The van der Waals surface area contributed by atoms with Crippen molar-refractivity contribution in [2.24, 2.45) is 5.73 Å². The summed E-state index contributed by atoms with van der Waals surface area (Å²) in [5.41, 5.74) is 6.09. The molecule has 0 radical (unpaired) electrons. The van der Waals surface area contributed by atoms with Crippen molar-refractivity contribution in [1.29, 1.82) is 0 Å². The maximum Gasteiger partial charge on any atom is 0.343 e. The van der Waals surface area contributed by atoms with Gasteiger partial charge < -0.3 is 5.73 Å². The van der Waals surface area contributed by atoms with E-state index >= 15 is 0 Å². The molecule has 1 aromatic heterocycles. The first kappa shape index (κ1) is 12.9. The number of nitrogens with two attached hydrogens (primary N) is 1. The first-order chi connectivity index (χ1) is 9.21. The topological polar surface area (TPSA) is 76.7 Å². The summed E-state index contributed by atoms with van der Waals surface area (Å²) in [4.78, 5) is 12.1. The molecule has 2 fully saturated rings. The normalized spacial score (nSPS) is 24.5. The Kier molecular flexibility index (Phi) is 3.48. The number of rotatable bonds is 2. The minimum Gasteiger partial charge on any atom is -0.319 e. The highest BCUT2D eigenvalue weighted by Crippen LogP contribution is 2.36. The highest BCUT2D eigenvalue weighted by atomic mass is 16.1. The van der Waals surface area contributed by atoms with Crippen molar-refractivity contribution in [2.45, 2.75) is 75.8 Å². The van der Waals surface area contributed by atoms with Gasteiger partial charge in [0.2, 0.25) is 0 Å². The highest BCUT2D eigenvalue weighted by Gasteiger charge is 2.36. The fraction of sp³-hybridized carbons (Fsp3) is 0.857. The molecule has 19 heavy (non-hydrogen) atoms. The van der Waals surface area contributed by atoms with Gasteiger partial charge in [0.05, 0.1) is 5.54 Å². The third kappa shape index (κ3) is 2.36. The molecule has 2 saturated carbocycles. The Hall–Kier alpha value is -1.10. The molecule has 0 unspecified atom stereocenters. The molecule has 0 amide bonds. The van der Waals surface area contributed by atoms with Crippen LogP contribution in [0.3, 0.4) is 0 Å². The third-order valence-electron chi connectivity index (χ3n) is 4.84. The monoisotopic (exact) mass is 264 g/mol. The molecule has 2 aliphatic carbocycles. The molecular formula is C14H24N4O. The SMILES string of the molecule is NC1(c2n[nH]c(=O)n2C2CCCCC2)CCCCC1. The summed E-state index contributed by atoms with van der Waals surface area (Å²) < 4.78 is 1.88. The van der Waals surface area contributed by atoms with Crippen LogP contribution in [-0.4, -0.2) is 14.8 Å². The summed E-state index contributed by atoms with van der Waals surface area (Å²) in [6.45, 7) is 0. The van der Waals surface area contributed by atoms with E-state index in [1.54, 1.807) is 0 Å². The molecule has 106 valence electrons. The lowest BCUT2D eigenvalue weighted by atomic mass is 9.81. The first-order valence-corrected chi connectivity index (χ1v) is 7.67. The molecule has 3 rings (SSSR count). The van der Waals surface area contributed by atoms with E-state index in [4.69, 9.17) is 5.73 Å². The van der Waals surface area contributed by atoms with E-state index < -0.39 is 5.54 Å². The standard InChI is InChI=1S/C14H24N4O/c15-14(9-5-2-6-10-14)12-16-17-13(19)18(12)11-7-3-1-4-8-11/h11H,1-10,15H2,(H,17,19). The van der Waals surface area contributed by atoms with E-state index in [1.165, 1.54) is 25.7 Å². The van der Waals surface area contributed by atoms with Crippen LogP contribution >= 0.6 is 0 Å². The predicted molar refractivity (Wildman–Crippen MR) is 73.9 cm³/mol. The summed E-state index contributed by atoms with van der Waals surface area (Å²) >= 11 is 0. The van der Waals surface area contributed by atoms with Crippen molar-refractivity contribution in [3.05, 3.63) is 16.3 Å². The van der Waals surface area contributed by atoms with Crippen LogP contribution in [0.25, 0.3) is 0 Å². The zero-order valence-electron chi connectivity index (χ0n) is 11.5. The number of hydrogen-bond donors (Lipinski definition) is 2. The largest absolute Gasteiger partial charge is 0.343 e. The lowest BCUT2D eigenvalue weighted by Gasteiger charge is -2.34. The van der Waals surface area contributed by atoms with Crippen molar-refractivity contribution < 1.29 is 0 Å². The molecular weight excluding hydrogens is 240 g/mol. The highest BCUT2D eigenvalue weighted by molar-refractivity contribution is 5.08. The molecule has 2 aliphatic rings. The summed E-state index contributed by atoms with van der Waals surface area (Å²) in [5, 5.41) is 6.92. The number of aromatic amines is 1. The summed E-state index contributed by atoms with van der Waals surface area (Å²) in [6.07, 6.45) is 11.3. The Balaban J connectivity index is 1.95. The van der Waals surface area contributed by atoms with Crippen LogP contribution in [0.15, 0.2) is 4.79 Å². The van der Waals surface area contributed by atoms with Crippen molar-refractivity contribution in [1.82, 2.24) is 14.8 Å². The number of nitrogens with zero attached hydrogens (tertiary/aromatic N) is 2. The summed E-state index contributed by atoms with van der Waals surface area (Å²) in [7, 11) is 0. The van der Waals surface area contributed by atoms with E-state index in [2.05, 4.69) is 10.2 Å². The molecule has 5 heteroatoms. The summed E-state index contributed by atoms with van der Waals surface area (Å²) in [6, 6.07) is 0.303. The second kappa shape index (κ2) is 5.12. The third-order valence-corrected chi connectivity index (χ3v) is 4.84. The van der Waals surface area contributed by atoms with E-state index in [0.717, 1.165) is 44.3 Å². The Morgan fingerprint density at radius 2 is 1.74 bits per heavy atom. The lowest BCUT2D eigenvalue weighted by molar-refractivity contribution is 0.254.